The molecule has 0 saturated heterocycles. The van der Waals surface area contributed by atoms with Crippen molar-refractivity contribution < 1.29 is 35.2 Å². The highest BCUT2D eigenvalue weighted by molar-refractivity contribution is 7.90. The number of nitrogens with one attached hydrogen (secondary N) is 1. The maximum absolute atomic E-state index is 14.2. The van der Waals surface area contributed by atoms with Gasteiger partial charge in [0, 0.05) is 18.1 Å². The van der Waals surface area contributed by atoms with Crippen LogP contribution >= 0.6 is 11.6 Å². The Labute approximate surface area is 162 Å². The summed E-state index contributed by atoms with van der Waals surface area (Å²) < 4.78 is 95.2. The second-order valence-corrected chi connectivity index (χ2v) is 8.29. The minimum Gasteiger partial charge on any atom is -0.274 e. The summed E-state index contributed by atoms with van der Waals surface area (Å²) in [5, 5.41) is -0.686. The van der Waals surface area contributed by atoms with Crippen LogP contribution in [0.1, 0.15) is 20.3 Å². The number of carbonyl (C=O) groups excluding carboxylic acids is 1. The standard InChI is InChI=1S/C17H13ClF5NO3S/c1-7(2)3-14(25)24-28(26,27)13-4-8(10(19)5-9(13)18)15-11(20)6-12(21)16(22)17(15)23/h4-7H,3H2,1-2H3,(H,24,25). The summed E-state index contributed by atoms with van der Waals surface area (Å²) in [4.78, 5) is 10.9. The SMILES string of the molecule is CC(C)CC(=O)NS(=O)(=O)c1cc(-c2c(F)cc(F)c(F)c2F)c(F)cc1Cl. The minimum atomic E-state index is -4.64. The predicted octanol–water partition coefficient (Wildman–Crippen LogP) is 4.55. The van der Waals surface area contributed by atoms with Crippen molar-refractivity contribution in [2.24, 2.45) is 5.92 Å². The average Bonchev–Trinajstić information content (AvgIpc) is 2.53. The maximum atomic E-state index is 14.2. The van der Waals surface area contributed by atoms with Gasteiger partial charge in [0.05, 0.1) is 10.6 Å². The molecule has 0 radical (unpaired) electrons. The van der Waals surface area contributed by atoms with Gasteiger partial charge in [-0.3, -0.25) is 4.79 Å². The summed E-state index contributed by atoms with van der Waals surface area (Å²) in [7, 11) is -4.64. The van der Waals surface area contributed by atoms with Gasteiger partial charge in [0.15, 0.2) is 17.5 Å². The molecule has 2 aromatic rings. The number of amides is 1. The monoisotopic (exact) mass is 441 g/mol. The molecule has 4 nitrogen and oxygen atoms in total. The van der Waals surface area contributed by atoms with Crippen molar-refractivity contribution in [1.82, 2.24) is 4.72 Å². The van der Waals surface area contributed by atoms with Gasteiger partial charge in [-0.15, -0.1) is 0 Å². The van der Waals surface area contributed by atoms with Crippen molar-refractivity contribution in [3.63, 3.8) is 0 Å². The Balaban J connectivity index is 2.64. The number of benzene rings is 2. The van der Waals surface area contributed by atoms with Gasteiger partial charge in [-0.05, 0) is 18.1 Å². The van der Waals surface area contributed by atoms with Gasteiger partial charge < -0.3 is 0 Å². The lowest BCUT2D eigenvalue weighted by atomic mass is 10.0. The van der Waals surface area contributed by atoms with Crippen molar-refractivity contribution in [3.05, 3.63) is 52.3 Å². The fourth-order valence-corrected chi connectivity index (χ4v) is 3.89. The Morgan fingerprint density at radius 1 is 1.00 bits per heavy atom. The van der Waals surface area contributed by atoms with E-state index in [2.05, 4.69) is 0 Å². The third kappa shape index (κ3) is 4.44. The molecule has 0 fully saturated rings. The van der Waals surface area contributed by atoms with Gasteiger partial charge in [-0.25, -0.2) is 35.1 Å². The van der Waals surface area contributed by atoms with Crippen molar-refractivity contribution in [1.29, 1.82) is 0 Å². The third-order valence-corrected chi connectivity index (χ3v) is 5.37. The molecule has 0 aliphatic carbocycles. The fourth-order valence-electron chi connectivity index (χ4n) is 2.36. The summed E-state index contributed by atoms with van der Waals surface area (Å²) in [5.74, 6) is -10.1. The molecule has 11 heteroatoms. The van der Waals surface area contributed by atoms with E-state index < -0.39 is 66.1 Å². The summed E-state index contributed by atoms with van der Waals surface area (Å²) >= 11 is 5.71. The lowest BCUT2D eigenvalue weighted by Crippen LogP contribution is -2.31. The van der Waals surface area contributed by atoms with Crippen molar-refractivity contribution in [3.8, 4) is 11.1 Å². The molecule has 2 aromatic carbocycles. The Morgan fingerprint density at radius 3 is 2.18 bits per heavy atom. The van der Waals surface area contributed by atoms with Crippen LogP contribution < -0.4 is 4.72 Å². The normalized spacial score (nSPS) is 11.8. The number of hydrogen-bond donors (Lipinski definition) is 1. The maximum Gasteiger partial charge on any atom is 0.265 e. The smallest absolute Gasteiger partial charge is 0.265 e. The Hall–Kier alpha value is -2.20. The molecule has 1 amide bonds. The third-order valence-electron chi connectivity index (χ3n) is 3.54. The first-order valence-electron chi connectivity index (χ1n) is 7.73. The van der Waals surface area contributed by atoms with Crippen molar-refractivity contribution in [2.75, 3.05) is 0 Å². The minimum absolute atomic E-state index is 0.0135. The molecular weight excluding hydrogens is 429 g/mol. The van der Waals surface area contributed by atoms with E-state index in [1.54, 1.807) is 18.6 Å². The van der Waals surface area contributed by atoms with E-state index in [-0.39, 0.29) is 18.4 Å². The van der Waals surface area contributed by atoms with Crippen LogP contribution in [-0.4, -0.2) is 14.3 Å². The van der Waals surface area contributed by atoms with Gasteiger partial charge in [-0.2, -0.15) is 0 Å². The number of carbonyl (C=O) groups is 1. The second-order valence-electron chi connectivity index (χ2n) is 6.23. The molecule has 0 heterocycles. The van der Waals surface area contributed by atoms with Gasteiger partial charge in [0.2, 0.25) is 5.91 Å². The molecule has 0 unspecified atom stereocenters. The number of rotatable bonds is 5. The van der Waals surface area contributed by atoms with Crippen LogP contribution in [0.25, 0.3) is 11.1 Å². The topological polar surface area (TPSA) is 63.2 Å². The zero-order valence-corrected chi connectivity index (χ0v) is 16.0. The predicted molar refractivity (Wildman–Crippen MR) is 91.5 cm³/mol. The van der Waals surface area contributed by atoms with Crippen LogP contribution in [0.15, 0.2) is 23.1 Å². The van der Waals surface area contributed by atoms with Crippen LogP contribution in [0, 0.1) is 35.0 Å². The first kappa shape index (κ1) is 22.1. The molecular formula is C17H13ClF5NO3S. The fraction of sp³-hybridized carbons (Fsp3) is 0.235. The molecule has 0 spiro atoms. The average molecular weight is 442 g/mol. The molecule has 0 saturated carbocycles. The summed E-state index contributed by atoms with van der Waals surface area (Å²) in [6.07, 6.45) is -0.155. The molecule has 152 valence electrons. The van der Waals surface area contributed by atoms with E-state index in [1.807, 2.05) is 0 Å². The molecule has 0 aliphatic rings. The zero-order chi connectivity index (χ0) is 21.4. The van der Waals surface area contributed by atoms with Gasteiger partial charge in [0.1, 0.15) is 16.5 Å². The molecule has 0 aromatic heterocycles. The number of halogens is 6. The summed E-state index contributed by atoms with van der Waals surface area (Å²) in [6.45, 7) is 3.31. The highest BCUT2D eigenvalue weighted by atomic mass is 35.5. The largest absolute Gasteiger partial charge is 0.274 e. The molecule has 28 heavy (non-hydrogen) atoms. The van der Waals surface area contributed by atoms with Gasteiger partial charge in [0.25, 0.3) is 10.0 Å². The van der Waals surface area contributed by atoms with Crippen molar-refractivity contribution >= 4 is 27.5 Å². The van der Waals surface area contributed by atoms with Crippen LogP contribution in [0.2, 0.25) is 5.02 Å². The quantitative estimate of drug-likeness (QED) is 0.420. The highest BCUT2D eigenvalue weighted by Crippen LogP contribution is 2.35. The van der Waals surface area contributed by atoms with Crippen LogP contribution in [0.3, 0.4) is 0 Å². The lowest BCUT2D eigenvalue weighted by Gasteiger charge is -2.13. The van der Waals surface area contributed by atoms with Crippen molar-refractivity contribution in [2.45, 2.75) is 25.2 Å². The van der Waals surface area contributed by atoms with Gasteiger partial charge >= 0.3 is 0 Å². The first-order chi connectivity index (χ1) is 12.8. The van der Waals surface area contributed by atoms with Crippen LogP contribution in [0.4, 0.5) is 22.0 Å². The van der Waals surface area contributed by atoms with Crippen LogP contribution in [-0.2, 0) is 14.8 Å². The van der Waals surface area contributed by atoms with E-state index in [0.717, 1.165) is 0 Å². The molecule has 0 atom stereocenters. The Bertz CT molecular complexity index is 1060. The van der Waals surface area contributed by atoms with Gasteiger partial charge in [-0.1, -0.05) is 25.4 Å². The molecule has 1 N–H and O–H groups in total. The van der Waals surface area contributed by atoms with E-state index in [9.17, 15) is 35.2 Å². The first-order valence-corrected chi connectivity index (χ1v) is 9.59. The van der Waals surface area contributed by atoms with E-state index in [4.69, 9.17) is 11.6 Å². The lowest BCUT2D eigenvalue weighted by molar-refractivity contribution is -0.120. The Kier molecular flexibility index (Phi) is 6.34. The molecule has 0 bridgehead atoms. The van der Waals surface area contributed by atoms with E-state index >= 15 is 0 Å². The Morgan fingerprint density at radius 2 is 1.61 bits per heavy atom. The summed E-state index contributed by atoms with van der Waals surface area (Å²) in [5.41, 5.74) is -2.34. The molecule has 2 rings (SSSR count). The zero-order valence-electron chi connectivity index (χ0n) is 14.4. The number of hydrogen-bond acceptors (Lipinski definition) is 3. The summed E-state index contributed by atoms with van der Waals surface area (Å²) in [6, 6.07) is 0.848. The molecule has 0 aliphatic heterocycles. The second kappa shape index (κ2) is 8.04. The van der Waals surface area contributed by atoms with E-state index in [1.165, 1.54) is 0 Å². The number of sulfonamides is 1. The van der Waals surface area contributed by atoms with E-state index in [0.29, 0.717) is 12.1 Å². The highest BCUT2D eigenvalue weighted by Gasteiger charge is 2.27. The van der Waals surface area contributed by atoms with Crippen LogP contribution in [0.5, 0.6) is 0 Å².